The Morgan fingerprint density at radius 3 is 2.70 bits per heavy atom. The van der Waals surface area contributed by atoms with Gasteiger partial charge in [-0.1, -0.05) is 24.3 Å². The number of carbonyl (C=O) groups is 1. The molecular formula is C23H29N5O2. The van der Waals surface area contributed by atoms with Gasteiger partial charge in [-0.25, -0.2) is 14.8 Å². The molecule has 0 saturated carbocycles. The Morgan fingerprint density at radius 2 is 1.93 bits per heavy atom. The Balaban J connectivity index is 1.41. The highest BCUT2D eigenvalue weighted by Gasteiger charge is 2.40. The zero-order valence-electron chi connectivity index (χ0n) is 17.6. The van der Waals surface area contributed by atoms with E-state index < -0.39 is 0 Å². The van der Waals surface area contributed by atoms with Gasteiger partial charge in [0.1, 0.15) is 0 Å². The van der Waals surface area contributed by atoms with E-state index in [1.165, 1.54) is 16.7 Å². The number of nitrogens with one attached hydrogen (secondary N) is 1. The molecule has 7 nitrogen and oxygen atoms in total. The van der Waals surface area contributed by atoms with Crippen molar-refractivity contribution in [2.24, 2.45) is 0 Å². The average Bonchev–Trinajstić information content (AvgIpc) is 2.80. The highest BCUT2D eigenvalue weighted by molar-refractivity contribution is 5.73. The smallest absolute Gasteiger partial charge is 0.409 e. The molecule has 2 aliphatic heterocycles. The first-order valence-electron chi connectivity index (χ1n) is 11.0. The van der Waals surface area contributed by atoms with Gasteiger partial charge in [-0.2, -0.15) is 0 Å². The lowest BCUT2D eigenvalue weighted by atomic mass is 9.64. The molecule has 2 aromatic rings. The third-order valence-corrected chi connectivity index (χ3v) is 6.78. The normalized spacial score (nSPS) is 19.9. The number of nitrogens with zero attached hydrogens (tertiary/aromatic N) is 4. The second-order valence-electron chi connectivity index (χ2n) is 8.47. The van der Waals surface area contributed by atoms with Crippen molar-refractivity contribution in [1.82, 2.24) is 20.2 Å². The van der Waals surface area contributed by atoms with Crippen molar-refractivity contribution in [2.75, 3.05) is 50.8 Å². The first kappa shape index (κ1) is 19.3. The van der Waals surface area contributed by atoms with Gasteiger partial charge < -0.3 is 19.9 Å². The van der Waals surface area contributed by atoms with E-state index in [0.29, 0.717) is 19.7 Å². The number of anilines is 1. The molecule has 3 heterocycles. The maximum Gasteiger partial charge on any atom is 0.409 e. The molecule has 1 aliphatic carbocycles. The molecule has 30 heavy (non-hydrogen) atoms. The second kappa shape index (κ2) is 7.87. The van der Waals surface area contributed by atoms with Crippen LogP contribution in [0, 0.1) is 0 Å². The Hall–Kier alpha value is -2.67. The molecule has 1 amide bonds. The summed E-state index contributed by atoms with van der Waals surface area (Å²) >= 11 is 0. The van der Waals surface area contributed by atoms with Crippen molar-refractivity contribution in [1.29, 1.82) is 0 Å². The van der Waals surface area contributed by atoms with Gasteiger partial charge in [0, 0.05) is 43.4 Å². The second-order valence-corrected chi connectivity index (χ2v) is 8.47. The standard InChI is InChI=1S/C23H29N5O2/c1-2-30-22(29)28-13-11-27(12-14-28)21-25-16-17-15-23(7-9-24-10-8-23)19-6-4-3-5-18(19)20(17)26-21/h3-6,16,24H,2,7-15H2,1H3. The van der Waals surface area contributed by atoms with Crippen molar-refractivity contribution in [3.8, 4) is 11.3 Å². The van der Waals surface area contributed by atoms with Gasteiger partial charge >= 0.3 is 6.09 Å². The predicted octanol–water partition coefficient (Wildman–Crippen LogP) is 2.60. The quantitative estimate of drug-likeness (QED) is 0.825. The SMILES string of the molecule is CCOC(=O)N1CCN(c2ncc3c(n2)-c2ccccc2C2(CCNCC2)C3)CC1. The maximum absolute atomic E-state index is 12.0. The highest BCUT2D eigenvalue weighted by Crippen LogP contribution is 2.47. The predicted molar refractivity (Wildman–Crippen MR) is 116 cm³/mol. The molecule has 0 atom stereocenters. The number of carbonyl (C=O) groups excluding carboxylic acids is 1. The Labute approximate surface area is 177 Å². The summed E-state index contributed by atoms with van der Waals surface area (Å²) in [4.78, 5) is 25.7. The number of rotatable bonds is 2. The number of hydrogen-bond acceptors (Lipinski definition) is 6. The minimum atomic E-state index is -0.232. The fraction of sp³-hybridized carbons (Fsp3) is 0.522. The zero-order valence-corrected chi connectivity index (χ0v) is 17.6. The molecule has 0 bridgehead atoms. The molecule has 5 rings (SSSR count). The van der Waals surface area contributed by atoms with Crippen LogP contribution in [-0.2, 0) is 16.6 Å². The van der Waals surface area contributed by atoms with Crippen LogP contribution < -0.4 is 10.2 Å². The third-order valence-electron chi connectivity index (χ3n) is 6.78. The van der Waals surface area contributed by atoms with E-state index in [9.17, 15) is 4.79 Å². The maximum atomic E-state index is 12.0. The molecule has 158 valence electrons. The van der Waals surface area contributed by atoms with Crippen LogP contribution in [0.4, 0.5) is 10.7 Å². The van der Waals surface area contributed by atoms with E-state index >= 15 is 0 Å². The van der Waals surface area contributed by atoms with E-state index in [4.69, 9.17) is 14.7 Å². The van der Waals surface area contributed by atoms with E-state index in [1.54, 1.807) is 4.90 Å². The minimum absolute atomic E-state index is 0.199. The summed E-state index contributed by atoms with van der Waals surface area (Å²) in [5.74, 6) is 0.758. The summed E-state index contributed by atoms with van der Waals surface area (Å²) in [5, 5.41) is 3.51. The van der Waals surface area contributed by atoms with Crippen molar-refractivity contribution in [3.05, 3.63) is 41.6 Å². The number of amides is 1. The molecule has 1 spiro atoms. The van der Waals surface area contributed by atoms with Gasteiger partial charge in [0.2, 0.25) is 5.95 Å². The molecule has 3 aliphatic rings. The topological polar surface area (TPSA) is 70.6 Å². The molecule has 7 heteroatoms. The minimum Gasteiger partial charge on any atom is -0.450 e. The largest absolute Gasteiger partial charge is 0.450 e. The molecule has 2 fully saturated rings. The number of ether oxygens (including phenoxy) is 1. The van der Waals surface area contributed by atoms with Crippen molar-refractivity contribution in [3.63, 3.8) is 0 Å². The van der Waals surface area contributed by atoms with Crippen LogP contribution in [0.1, 0.15) is 30.9 Å². The number of piperidine rings is 1. The molecule has 1 N–H and O–H groups in total. The molecule has 1 aromatic carbocycles. The summed E-state index contributed by atoms with van der Waals surface area (Å²) in [6.07, 6.45) is 5.12. The van der Waals surface area contributed by atoms with Crippen molar-refractivity contribution < 1.29 is 9.53 Å². The monoisotopic (exact) mass is 407 g/mol. The summed E-state index contributed by atoms with van der Waals surface area (Å²) in [5.41, 5.74) is 5.23. The van der Waals surface area contributed by atoms with Gasteiger partial charge in [0.25, 0.3) is 0 Å². The summed E-state index contributed by atoms with van der Waals surface area (Å²) in [7, 11) is 0. The van der Waals surface area contributed by atoms with E-state index in [2.05, 4.69) is 34.5 Å². The van der Waals surface area contributed by atoms with Crippen LogP contribution in [0.2, 0.25) is 0 Å². The van der Waals surface area contributed by atoms with Crippen LogP contribution in [0.3, 0.4) is 0 Å². The lowest BCUT2D eigenvalue weighted by molar-refractivity contribution is 0.105. The number of hydrogen-bond donors (Lipinski definition) is 1. The first-order chi connectivity index (χ1) is 14.7. The number of fused-ring (bicyclic) bond motifs is 4. The van der Waals surface area contributed by atoms with Gasteiger partial charge in [0.15, 0.2) is 0 Å². The fourth-order valence-corrected chi connectivity index (χ4v) is 5.18. The number of aromatic nitrogens is 2. The number of piperazine rings is 1. The molecule has 0 unspecified atom stereocenters. The van der Waals surface area contributed by atoms with Crippen molar-refractivity contribution in [2.45, 2.75) is 31.6 Å². The van der Waals surface area contributed by atoms with Crippen LogP contribution in [0.25, 0.3) is 11.3 Å². The van der Waals surface area contributed by atoms with Crippen molar-refractivity contribution >= 4 is 12.0 Å². The zero-order chi connectivity index (χ0) is 20.6. The van der Waals surface area contributed by atoms with E-state index in [0.717, 1.165) is 57.1 Å². The first-order valence-corrected chi connectivity index (χ1v) is 11.0. The Morgan fingerprint density at radius 1 is 1.17 bits per heavy atom. The van der Waals surface area contributed by atoms with E-state index in [1.807, 2.05) is 13.1 Å². The molecule has 0 radical (unpaired) electrons. The number of benzene rings is 1. The molecule has 1 aromatic heterocycles. The van der Waals surface area contributed by atoms with Gasteiger partial charge in [-0.05, 0) is 50.4 Å². The Kier molecular flexibility index (Phi) is 5.06. The lowest BCUT2D eigenvalue weighted by Crippen LogP contribution is -2.49. The summed E-state index contributed by atoms with van der Waals surface area (Å²) in [6.45, 7) is 7.06. The molecular weight excluding hydrogens is 378 g/mol. The van der Waals surface area contributed by atoms with Gasteiger partial charge in [0.05, 0.1) is 12.3 Å². The lowest BCUT2D eigenvalue weighted by Gasteiger charge is -2.43. The molecule has 2 saturated heterocycles. The van der Waals surface area contributed by atoms with Crippen LogP contribution in [0.15, 0.2) is 30.5 Å². The van der Waals surface area contributed by atoms with Crippen LogP contribution in [-0.4, -0.2) is 66.8 Å². The highest BCUT2D eigenvalue weighted by atomic mass is 16.6. The van der Waals surface area contributed by atoms with Gasteiger partial charge in [-0.15, -0.1) is 0 Å². The fourth-order valence-electron chi connectivity index (χ4n) is 5.18. The summed E-state index contributed by atoms with van der Waals surface area (Å²) in [6, 6.07) is 8.78. The Bertz CT molecular complexity index is 933. The average molecular weight is 408 g/mol. The third kappa shape index (κ3) is 3.31. The van der Waals surface area contributed by atoms with Crippen LogP contribution >= 0.6 is 0 Å². The van der Waals surface area contributed by atoms with Gasteiger partial charge in [-0.3, -0.25) is 0 Å². The van der Waals surface area contributed by atoms with Crippen LogP contribution in [0.5, 0.6) is 0 Å². The van der Waals surface area contributed by atoms with E-state index in [-0.39, 0.29) is 11.5 Å². The summed E-state index contributed by atoms with van der Waals surface area (Å²) < 4.78 is 5.12.